The first-order valence-corrected chi connectivity index (χ1v) is 4.81. The molecule has 4 N–H and O–H groups in total. The zero-order chi connectivity index (χ0) is 9.90. The molecule has 0 saturated carbocycles. The van der Waals surface area contributed by atoms with Crippen molar-refractivity contribution in [3.8, 4) is 0 Å². The van der Waals surface area contributed by atoms with Crippen molar-refractivity contribution >= 4 is 5.91 Å². The average molecular weight is 185 g/mol. The van der Waals surface area contributed by atoms with E-state index in [9.17, 15) is 4.79 Å². The highest BCUT2D eigenvalue weighted by molar-refractivity contribution is 5.85. The van der Waals surface area contributed by atoms with Crippen molar-refractivity contribution < 1.29 is 4.79 Å². The van der Waals surface area contributed by atoms with Crippen molar-refractivity contribution in [2.24, 2.45) is 5.73 Å². The number of piperidine rings is 1. The van der Waals surface area contributed by atoms with Gasteiger partial charge in [0.25, 0.3) is 0 Å². The number of nitrogens with one attached hydrogen (secondary N) is 2. The lowest BCUT2D eigenvalue weighted by Crippen LogP contribution is -2.53. The zero-order valence-corrected chi connectivity index (χ0v) is 8.39. The van der Waals surface area contributed by atoms with Crippen LogP contribution in [0.4, 0.5) is 0 Å². The van der Waals surface area contributed by atoms with Crippen LogP contribution in [-0.4, -0.2) is 30.6 Å². The van der Waals surface area contributed by atoms with Crippen LogP contribution in [-0.2, 0) is 4.79 Å². The topological polar surface area (TPSA) is 67.2 Å². The monoisotopic (exact) mass is 185 g/mol. The molecule has 4 nitrogen and oxygen atoms in total. The minimum Gasteiger partial charge on any atom is -0.352 e. The molecule has 0 radical (unpaired) electrons. The standard InChI is InChI=1S/C9H19N3O/c1-9(2,10)8(13)12-7-3-5-11-6-4-7/h7,11H,3-6,10H2,1-2H3,(H,12,13). The second-order valence-corrected chi connectivity index (χ2v) is 4.22. The Labute approximate surface area is 79.3 Å². The van der Waals surface area contributed by atoms with Crippen LogP contribution in [0.5, 0.6) is 0 Å². The molecule has 1 aliphatic rings. The second kappa shape index (κ2) is 4.07. The van der Waals surface area contributed by atoms with Gasteiger partial charge < -0.3 is 16.4 Å². The molecule has 0 atom stereocenters. The number of rotatable bonds is 2. The molecule has 0 bridgehead atoms. The first-order valence-electron chi connectivity index (χ1n) is 4.81. The molecular formula is C9H19N3O. The summed E-state index contributed by atoms with van der Waals surface area (Å²) in [5, 5.41) is 6.20. The van der Waals surface area contributed by atoms with Crippen molar-refractivity contribution in [2.75, 3.05) is 13.1 Å². The summed E-state index contributed by atoms with van der Waals surface area (Å²) in [6, 6.07) is 0.302. The van der Waals surface area contributed by atoms with E-state index in [1.807, 2.05) is 0 Å². The Hall–Kier alpha value is -0.610. The lowest BCUT2D eigenvalue weighted by molar-refractivity contribution is -0.126. The van der Waals surface area contributed by atoms with Gasteiger partial charge in [0.2, 0.25) is 5.91 Å². The third kappa shape index (κ3) is 3.32. The molecule has 0 aromatic carbocycles. The molecule has 0 aromatic rings. The Morgan fingerprint density at radius 2 is 2.00 bits per heavy atom. The van der Waals surface area contributed by atoms with Gasteiger partial charge in [-0.25, -0.2) is 0 Å². The predicted molar refractivity (Wildman–Crippen MR) is 52.3 cm³/mol. The third-order valence-electron chi connectivity index (χ3n) is 2.26. The summed E-state index contributed by atoms with van der Waals surface area (Å²) in [6.07, 6.45) is 2.00. The van der Waals surface area contributed by atoms with Crippen LogP contribution in [0.15, 0.2) is 0 Å². The normalized spacial score (nSPS) is 19.9. The van der Waals surface area contributed by atoms with Crippen LogP contribution in [0.2, 0.25) is 0 Å². The first kappa shape index (κ1) is 10.5. The highest BCUT2D eigenvalue weighted by atomic mass is 16.2. The fourth-order valence-electron chi connectivity index (χ4n) is 1.34. The minimum absolute atomic E-state index is 0.0561. The van der Waals surface area contributed by atoms with Gasteiger partial charge in [-0.2, -0.15) is 0 Å². The number of nitrogens with two attached hydrogens (primary N) is 1. The molecule has 0 unspecified atom stereocenters. The lowest BCUT2D eigenvalue weighted by Gasteiger charge is -2.27. The Morgan fingerprint density at radius 1 is 1.46 bits per heavy atom. The number of hydrogen-bond donors (Lipinski definition) is 3. The summed E-state index contributed by atoms with van der Waals surface area (Å²) in [6.45, 7) is 5.42. The van der Waals surface area contributed by atoms with E-state index in [-0.39, 0.29) is 5.91 Å². The molecule has 0 spiro atoms. The second-order valence-electron chi connectivity index (χ2n) is 4.22. The van der Waals surface area contributed by atoms with Crippen LogP contribution in [0.1, 0.15) is 26.7 Å². The Kier molecular flexibility index (Phi) is 3.27. The zero-order valence-electron chi connectivity index (χ0n) is 8.39. The lowest BCUT2D eigenvalue weighted by atomic mass is 10.0. The molecule has 1 aliphatic heterocycles. The average Bonchev–Trinajstić information content (AvgIpc) is 2.04. The summed E-state index contributed by atoms with van der Waals surface area (Å²) in [7, 11) is 0. The van der Waals surface area contributed by atoms with E-state index in [0.29, 0.717) is 6.04 Å². The molecule has 76 valence electrons. The SMILES string of the molecule is CC(C)(N)C(=O)NC1CCNCC1. The maximum Gasteiger partial charge on any atom is 0.239 e. The Bertz CT molecular complexity index is 180. The van der Waals surface area contributed by atoms with E-state index >= 15 is 0 Å². The smallest absolute Gasteiger partial charge is 0.239 e. The maximum atomic E-state index is 11.5. The van der Waals surface area contributed by atoms with Gasteiger partial charge in [0.15, 0.2) is 0 Å². The van der Waals surface area contributed by atoms with Crippen molar-refractivity contribution in [1.82, 2.24) is 10.6 Å². The molecule has 1 saturated heterocycles. The summed E-state index contributed by atoms with van der Waals surface area (Å²) in [5.74, 6) is -0.0561. The number of carbonyl (C=O) groups is 1. The first-order chi connectivity index (χ1) is 6.00. The van der Waals surface area contributed by atoms with Crippen LogP contribution >= 0.6 is 0 Å². The van der Waals surface area contributed by atoms with E-state index < -0.39 is 5.54 Å². The van der Waals surface area contributed by atoms with E-state index in [2.05, 4.69) is 10.6 Å². The highest BCUT2D eigenvalue weighted by Crippen LogP contribution is 2.04. The molecular weight excluding hydrogens is 166 g/mol. The fourth-order valence-corrected chi connectivity index (χ4v) is 1.34. The largest absolute Gasteiger partial charge is 0.352 e. The maximum absolute atomic E-state index is 11.5. The quantitative estimate of drug-likeness (QED) is 0.548. The highest BCUT2D eigenvalue weighted by Gasteiger charge is 2.24. The minimum atomic E-state index is -0.759. The third-order valence-corrected chi connectivity index (χ3v) is 2.26. The summed E-state index contributed by atoms with van der Waals surface area (Å²) in [5.41, 5.74) is 4.91. The van der Waals surface area contributed by atoms with Gasteiger partial charge in [-0.15, -0.1) is 0 Å². The molecule has 1 rings (SSSR count). The van der Waals surface area contributed by atoms with Crippen molar-refractivity contribution in [1.29, 1.82) is 0 Å². The molecule has 13 heavy (non-hydrogen) atoms. The molecule has 1 fully saturated rings. The van der Waals surface area contributed by atoms with Gasteiger partial charge in [0.05, 0.1) is 5.54 Å². The fraction of sp³-hybridized carbons (Fsp3) is 0.889. The van der Waals surface area contributed by atoms with Crippen LogP contribution in [0.25, 0.3) is 0 Å². The van der Waals surface area contributed by atoms with Crippen molar-refractivity contribution in [2.45, 2.75) is 38.3 Å². The van der Waals surface area contributed by atoms with Gasteiger partial charge in [0.1, 0.15) is 0 Å². The number of amides is 1. The van der Waals surface area contributed by atoms with Gasteiger partial charge in [-0.05, 0) is 39.8 Å². The van der Waals surface area contributed by atoms with Gasteiger partial charge >= 0.3 is 0 Å². The Balaban J connectivity index is 2.35. The van der Waals surface area contributed by atoms with Crippen LogP contribution in [0, 0.1) is 0 Å². The Morgan fingerprint density at radius 3 is 2.46 bits per heavy atom. The van der Waals surface area contributed by atoms with Gasteiger partial charge in [-0.3, -0.25) is 4.79 Å². The molecule has 1 heterocycles. The van der Waals surface area contributed by atoms with Gasteiger partial charge in [-0.1, -0.05) is 0 Å². The van der Waals surface area contributed by atoms with E-state index in [4.69, 9.17) is 5.73 Å². The number of hydrogen-bond acceptors (Lipinski definition) is 3. The molecule has 1 amide bonds. The molecule has 4 heteroatoms. The summed E-state index contributed by atoms with van der Waals surface area (Å²) >= 11 is 0. The van der Waals surface area contributed by atoms with Gasteiger partial charge in [0, 0.05) is 6.04 Å². The number of carbonyl (C=O) groups excluding carboxylic acids is 1. The van der Waals surface area contributed by atoms with E-state index in [0.717, 1.165) is 25.9 Å². The molecule has 0 aromatic heterocycles. The van der Waals surface area contributed by atoms with E-state index in [1.165, 1.54) is 0 Å². The summed E-state index contributed by atoms with van der Waals surface area (Å²) in [4.78, 5) is 11.5. The molecule has 0 aliphatic carbocycles. The predicted octanol–water partition coefficient (Wildman–Crippen LogP) is -0.408. The van der Waals surface area contributed by atoms with Crippen LogP contribution in [0.3, 0.4) is 0 Å². The van der Waals surface area contributed by atoms with Crippen molar-refractivity contribution in [3.63, 3.8) is 0 Å². The van der Waals surface area contributed by atoms with Crippen molar-refractivity contribution in [3.05, 3.63) is 0 Å². The van der Waals surface area contributed by atoms with E-state index in [1.54, 1.807) is 13.8 Å². The van der Waals surface area contributed by atoms with Crippen LogP contribution < -0.4 is 16.4 Å². The summed E-state index contributed by atoms with van der Waals surface area (Å²) < 4.78 is 0.